The van der Waals surface area contributed by atoms with Crippen molar-refractivity contribution in [2.45, 2.75) is 33.1 Å². The molecule has 0 aromatic rings. The van der Waals surface area contributed by atoms with E-state index < -0.39 is 0 Å². The van der Waals surface area contributed by atoms with Crippen LogP contribution < -0.4 is 0 Å². The van der Waals surface area contributed by atoms with Crippen molar-refractivity contribution in [1.29, 1.82) is 0 Å². The molecular formula is C8H14O. The minimum Gasteiger partial charge on any atom is -0.300 e. The van der Waals surface area contributed by atoms with E-state index in [1.165, 1.54) is 6.42 Å². The van der Waals surface area contributed by atoms with E-state index in [1.807, 2.05) is 0 Å². The van der Waals surface area contributed by atoms with Gasteiger partial charge in [0.05, 0.1) is 0 Å². The second-order valence-electron chi connectivity index (χ2n) is 3.23. The first-order chi connectivity index (χ1) is 4.20. The van der Waals surface area contributed by atoms with Gasteiger partial charge < -0.3 is 0 Å². The Balaban J connectivity index is 2.39. The normalized spacial score (nSPS) is 34.9. The standard InChI is InChI=1S/C8H14O/c1-6-3-4-8(5-6)7(2)9/h6,8H,3-5H2,1-2H3/t6-,8+/m1/s1. The van der Waals surface area contributed by atoms with Gasteiger partial charge in [-0.3, -0.25) is 4.79 Å². The van der Waals surface area contributed by atoms with Crippen molar-refractivity contribution in [3.63, 3.8) is 0 Å². The molecule has 1 rings (SSSR count). The fourth-order valence-corrected chi connectivity index (χ4v) is 1.58. The third kappa shape index (κ3) is 1.54. The van der Waals surface area contributed by atoms with Crippen LogP contribution in [0.1, 0.15) is 33.1 Å². The van der Waals surface area contributed by atoms with Gasteiger partial charge in [-0.25, -0.2) is 0 Å². The van der Waals surface area contributed by atoms with Gasteiger partial charge in [0.2, 0.25) is 0 Å². The van der Waals surface area contributed by atoms with Crippen molar-refractivity contribution in [3.8, 4) is 0 Å². The highest BCUT2D eigenvalue weighted by Crippen LogP contribution is 2.30. The highest BCUT2D eigenvalue weighted by Gasteiger charge is 2.23. The fourth-order valence-electron chi connectivity index (χ4n) is 1.58. The first-order valence-electron chi connectivity index (χ1n) is 3.70. The molecule has 0 aliphatic heterocycles. The maximum atomic E-state index is 10.8. The quantitative estimate of drug-likeness (QED) is 0.525. The summed E-state index contributed by atoms with van der Waals surface area (Å²) in [5, 5.41) is 0. The molecule has 0 aromatic carbocycles. The summed E-state index contributed by atoms with van der Waals surface area (Å²) in [5.41, 5.74) is 0. The van der Waals surface area contributed by atoms with E-state index in [1.54, 1.807) is 6.92 Å². The molecule has 0 unspecified atom stereocenters. The van der Waals surface area contributed by atoms with Crippen LogP contribution in [0, 0.1) is 11.8 Å². The van der Waals surface area contributed by atoms with Crippen LogP contribution in [-0.2, 0) is 4.79 Å². The van der Waals surface area contributed by atoms with Crippen LogP contribution in [0.5, 0.6) is 0 Å². The number of hydrogen-bond donors (Lipinski definition) is 0. The van der Waals surface area contributed by atoms with Gasteiger partial charge in [-0.2, -0.15) is 0 Å². The molecule has 0 saturated heterocycles. The number of carbonyl (C=O) groups is 1. The van der Waals surface area contributed by atoms with Crippen molar-refractivity contribution in [2.75, 3.05) is 0 Å². The molecule has 1 aliphatic rings. The number of rotatable bonds is 1. The number of Topliss-reactive ketones (excluding diaryl/α,β-unsaturated/α-hetero) is 1. The summed E-state index contributed by atoms with van der Waals surface area (Å²) >= 11 is 0. The number of ketones is 1. The van der Waals surface area contributed by atoms with Gasteiger partial charge in [0.1, 0.15) is 5.78 Å². The zero-order valence-corrected chi connectivity index (χ0v) is 6.18. The van der Waals surface area contributed by atoms with Gasteiger partial charge in [-0.1, -0.05) is 6.92 Å². The summed E-state index contributed by atoms with van der Waals surface area (Å²) in [6.07, 6.45) is 3.52. The van der Waals surface area contributed by atoms with Crippen molar-refractivity contribution in [2.24, 2.45) is 11.8 Å². The van der Waals surface area contributed by atoms with E-state index in [-0.39, 0.29) is 0 Å². The van der Waals surface area contributed by atoms with E-state index in [2.05, 4.69) is 6.92 Å². The lowest BCUT2D eigenvalue weighted by atomic mass is 10.0. The molecule has 1 saturated carbocycles. The third-order valence-electron chi connectivity index (χ3n) is 2.27. The Morgan fingerprint density at radius 3 is 2.33 bits per heavy atom. The molecule has 0 bridgehead atoms. The lowest BCUT2D eigenvalue weighted by molar-refractivity contribution is -0.120. The molecule has 0 N–H and O–H groups in total. The minimum atomic E-state index is 0.388. The third-order valence-corrected chi connectivity index (χ3v) is 2.27. The Bertz CT molecular complexity index is 118. The molecule has 52 valence electrons. The van der Waals surface area contributed by atoms with Gasteiger partial charge >= 0.3 is 0 Å². The molecule has 1 nitrogen and oxygen atoms in total. The predicted molar refractivity (Wildman–Crippen MR) is 37.2 cm³/mol. The van der Waals surface area contributed by atoms with Crippen LogP contribution in [0.4, 0.5) is 0 Å². The summed E-state index contributed by atoms with van der Waals surface area (Å²) in [7, 11) is 0. The van der Waals surface area contributed by atoms with Crippen LogP contribution in [0.3, 0.4) is 0 Å². The second-order valence-corrected chi connectivity index (χ2v) is 3.23. The highest BCUT2D eigenvalue weighted by molar-refractivity contribution is 5.78. The average molecular weight is 126 g/mol. The first-order valence-corrected chi connectivity index (χ1v) is 3.70. The Kier molecular flexibility index (Phi) is 1.89. The summed E-state index contributed by atoms with van der Waals surface area (Å²) in [6.45, 7) is 3.94. The Morgan fingerprint density at radius 1 is 1.44 bits per heavy atom. The lowest BCUT2D eigenvalue weighted by Crippen LogP contribution is -2.05. The Morgan fingerprint density at radius 2 is 2.11 bits per heavy atom. The average Bonchev–Trinajstić information content (AvgIpc) is 2.14. The fraction of sp³-hybridized carbons (Fsp3) is 0.875. The summed E-state index contributed by atoms with van der Waals surface area (Å²) in [6, 6.07) is 0. The van der Waals surface area contributed by atoms with Crippen molar-refractivity contribution in [1.82, 2.24) is 0 Å². The second kappa shape index (κ2) is 2.51. The SMILES string of the molecule is CC(=O)[C@H]1CC[C@@H](C)C1. The van der Waals surface area contributed by atoms with Gasteiger partial charge in [-0.15, -0.1) is 0 Å². The van der Waals surface area contributed by atoms with E-state index in [4.69, 9.17) is 0 Å². The smallest absolute Gasteiger partial charge is 0.132 e. The minimum absolute atomic E-state index is 0.388. The molecular weight excluding hydrogens is 112 g/mol. The van der Waals surface area contributed by atoms with Crippen LogP contribution in [0.2, 0.25) is 0 Å². The van der Waals surface area contributed by atoms with Crippen molar-refractivity contribution >= 4 is 5.78 Å². The lowest BCUT2D eigenvalue weighted by Gasteiger charge is -2.01. The maximum Gasteiger partial charge on any atom is 0.132 e. The van der Waals surface area contributed by atoms with Gasteiger partial charge in [-0.05, 0) is 32.1 Å². The van der Waals surface area contributed by atoms with E-state index in [0.29, 0.717) is 11.7 Å². The molecule has 0 amide bonds. The van der Waals surface area contributed by atoms with Crippen LogP contribution in [0.25, 0.3) is 0 Å². The topological polar surface area (TPSA) is 17.1 Å². The Labute approximate surface area is 56.4 Å². The molecule has 0 spiro atoms. The highest BCUT2D eigenvalue weighted by atomic mass is 16.1. The molecule has 1 aliphatic carbocycles. The number of hydrogen-bond acceptors (Lipinski definition) is 1. The maximum absolute atomic E-state index is 10.8. The predicted octanol–water partition coefficient (Wildman–Crippen LogP) is 2.01. The Hall–Kier alpha value is -0.330. The molecule has 0 heterocycles. The molecule has 9 heavy (non-hydrogen) atoms. The zero-order valence-electron chi connectivity index (χ0n) is 6.18. The van der Waals surface area contributed by atoms with Crippen molar-refractivity contribution < 1.29 is 4.79 Å². The van der Waals surface area contributed by atoms with E-state index >= 15 is 0 Å². The molecule has 0 aromatic heterocycles. The first kappa shape index (κ1) is 6.79. The molecule has 1 heteroatoms. The van der Waals surface area contributed by atoms with Crippen LogP contribution in [0.15, 0.2) is 0 Å². The van der Waals surface area contributed by atoms with Crippen LogP contribution in [-0.4, -0.2) is 5.78 Å². The number of carbonyl (C=O) groups excluding carboxylic acids is 1. The van der Waals surface area contributed by atoms with Crippen molar-refractivity contribution in [3.05, 3.63) is 0 Å². The molecule has 2 atom stereocenters. The van der Waals surface area contributed by atoms with E-state index in [9.17, 15) is 4.79 Å². The monoisotopic (exact) mass is 126 g/mol. The summed E-state index contributed by atoms with van der Waals surface area (Å²) < 4.78 is 0. The molecule has 0 radical (unpaired) electrons. The molecule has 1 fully saturated rings. The summed E-state index contributed by atoms with van der Waals surface area (Å²) in [4.78, 5) is 10.8. The van der Waals surface area contributed by atoms with Gasteiger partial charge in [0.15, 0.2) is 0 Å². The van der Waals surface area contributed by atoms with E-state index in [0.717, 1.165) is 18.8 Å². The summed E-state index contributed by atoms with van der Waals surface area (Å²) in [5.74, 6) is 1.58. The van der Waals surface area contributed by atoms with Gasteiger partial charge in [0, 0.05) is 5.92 Å². The van der Waals surface area contributed by atoms with Crippen LogP contribution >= 0.6 is 0 Å². The largest absolute Gasteiger partial charge is 0.300 e. The zero-order chi connectivity index (χ0) is 6.85. The van der Waals surface area contributed by atoms with Gasteiger partial charge in [0.25, 0.3) is 0 Å².